The monoisotopic (exact) mass is 632 g/mol. The van der Waals surface area contributed by atoms with Gasteiger partial charge in [-0.05, 0) is 58.1 Å². The summed E-state index contributed by atoms with van der Waals surface area (Å²) in [5.74, 6) is 1.84. The highest BCUT2D eigenvalue weighted by Gasteiger charge is 2.38. The van der Waals surface area contributed by atoms with E-state index in [1.54, 1.807) is 0 Å². The van der Waals surface area contributed by atoms with E-state index in [1.807, 2.05) is 84.9 Å². The van der Waals surface area contributed by atoms with Gasteiger partial charge in [0.1, 0.15) is 16.7 Å². The Hall–Kier alpha value is -6.40. The molecule has 0 bridgehead atoms. The van der Waals surface area contributed by atoms with Gasteiger partial charge >= 0.3 is 0 Å². The molecule has 49 heavy (non-hydrogen) atoms. The van der Waals surface area contributed by atoms with Crippen molar-refractivity contribution in [2.24, 2.45) is 0 Å². The molecule has 0 radical (unpaired) electrons. The van der Waals surface area contributed by atoms with E-state index in [4.69, 9.17) is 23.8 Å². The molecule has 0 atom stereocenters. The zero-order valence-corrected chi connectivity index (χ0v) is 26.8. The van der Waals surface area contributed by atoms with Crippen molar-refractivity contribution in [3.63, 3.8) is 0 Å². The molecule has 0 unspecified atom stereocenters. The van der Waals surface area contributed by atoms with Crippen molar-refractivity contribution in [1.29, 1.82) is 0 Å². The van der Waals surface area contributed by atoms with Crippen LogP contribution in [-0.4, -0.2) is 19.9 Å². The summed E-state index contributed by atoms with van der Waals surface area (Å²) in [6.45, 7) is 4.53. The van der Waals surface area contributed by atoms with Crippen LogP contribution in [-0.2, 0) is 5.41 Å². The summed E-state index contributed by atoms with van der Waals surface area (Å²) in [5, 5.41) is 1.99. The second kappa shape index (κ2) is 10.3. The molecule has 3 heterocycles. The highest BCUT2D eigenvalue weighted by Crippen LogP contribution is 2.52. The molecule has 0 aliphatic heterocycles. The fourth-order valence-electron chi connectivity index (χ4n) is 7.57. The van der Waals surface area contributed by atoms with Gasteiger partial charge in [0.2, 0.25) is 0 Å². The molecule has 9 aromatic rings. The first-order valence-electron chi connectivity index (χ1n) is 16.4. The molecule has 6 heteroatoms. The number of rotatable bonds is 4. The molecule has 1 aliphatic rings. The third-order valence-electron chi connectivity index (χ3n) is 9.89. The van der Waals surface area contributed by atoms with Crippen LogP contribution in [0.15, 0.2) is 143 Å². The summed E-state index contributed by atoms with van der Waals surface area (Å²) in [5.41, 5.74) is 12.8. The zero-order chi connectivity index (χ0) is 32.7. The van der Waals surface area contributed by atoms with Crippen molar-refractivity contribution in [2.75, 3.05) is 0 Å². The molecule has 232 valence electrons. The first kappa shape index (κ1) is 27.7. The molecule has 6 aromatic carbocycles. The lowest BCUT2D eigenvalue weighted by Gasteiger charge is -2.21. The first-order chi connectivity index (χ1) is 24.0. The maximum Gasteiger partial charge on any atom is 0.181 e. The molecule has 6 nitrogen and oxygen atoms in total. The molecule has 0 amide bonds. The predicted molar refractivity (Wildman–Crippen MR) is 194 cm³/mol. The summed E-state index contributed by atoms with van der Waals surface area (Å²) in [6.07, 6.45) is 1.54. The Labute approximate surface area is 281 Å². The highest BCUT2D eigenvalue weighted by atomic mass is 16.3. The third kappa shape index (κ3) is 4.14. The van der Waals surface area contributed by atoms with Crippen molar-refractivity contribution in [1.82, 2.24) is 19.9 Å². The van der Waals surface area contributed by atoms with E-state index in [0.717, 1.165) is 60.9 Å². The van der Waals surface area contributed by atoms with Gasteiger partial charge in [-0.3, -0.25) is 0 Å². The van der Waals surface area contributed by atoms with Gasteiger partial charge < -0.3 is 8.83 Å². The zero-order valence-electron chi connectivity index (χ0n) is 26.8. The standard InChI is InChI=1S/C43H28N4O2/c1-43(2)33-21-17-27(23-32(33)29-20-22-35-38(37(29)43)44-24-48-35)28-18-19-31(36-30-15-9-10-16-34(30)49-39(28)36)42-46-40(25-11-5-3-6-12-25)45-41(47-42)26-13-7-4-8-14-26/h3-24H,1-2H3. The Kier molecular flexibility index (Phi) is 5.82. The largest absolute Gasteiger partial charge is 0.455 e. The fraction of sp³-hybridized carbons (Fsp3) is 0.0698. The summed E-state index contributed by atoms with van der Waals surface area (Å²) in [4.78, 5) is 19.7. The minimum Gasteiger partial charge on any atom is -0.455 e. The van der Waals surface area contributed by atoms with Gasteiger partial charge in [0.15, 0.2) is 29.4 Å². The van der Waals surface area contributed by atoms with Gasteiger partial charge in [0.25, 0.3) is 0 Å². The van der Waals surface area contributed by atoms with Gasteiger partial charge in [0, 0.05) is 38.4 Å². The van der Waals surface area contributed by atoms with Crippen LogP contribution < -0.4 is 0 Å². The summed E-state index contributed by atoms with van der Waals surface area (Å²) in [6, 6.07) is 43.5. The fourth-order valence-corrected chi connectivity index (χ4v) is 7.57. The van der Waals surface area contributed by atoms with E-state index in [-0.39, 0.29) is 5.41 Å². The Morgan fingerprint density at radius 1 is 0.531 bits per heavy atom. The third-order valence-corrected chi connectivity index (χ3v) is 9.89. The number of benzene rings is 6. The number of hydrogen-bond acceptors (Lipinski definition) is 6. The Morgan fingerprint density at radius 3 is 1.94 bits per heavy atom. The molecular weight excluding hydrogens is 604 g/mol. The molecule has 0 spiro atoms. The smallest absolute Gasteiger partial charge is 0.181 e. The van der Waals surface area contributed by atoms with Crippen LogP contribution in [0.2, 0.25) is 0 Å². The molecule has 1 aliphatic carbocycles. The minimum atomic E-state index is -0.219. The second-order valence-electron chi connectivity index (χ2n) is 13.1. The van der Waals surface area contributed by atoms with E-state index < -0.39 is 0 Å². The van der Waals surface area contributed by atoms with Crippen molar-refractivity contribution < 1.29 is 8.83 Å². The molecule has 10 rings (SSSR count). The van der Waals surface area contributed by atoms with Crippen LogP contribution in [0.25, 0.3) is 89.5 Å². The van der Waals surface area contributed by atoms with E-state index in [1.165, 1.54) is 28.6 Å². The number of fused-ring (bicyclic) bond motifs is 8. The number of para-hydroxylation sites is 1. The number of aromatic nitrogens is 4. The van der Waals surface area contributed by atoms with Crippen LogP contribution in [0.5, 0.6) is 0 Å². The molecule has 0 saturated heterocycles. The molecule has 0 saturated carbocycles. The summed E-state index contributed by atoms with van der Waals surface area (Å²) in [7, 11) is 0. The number of oxazole rings is 1. The van der Waals surface area contributed by atoms with Gasteiger partial charge in [-0.2, -0.15) is 0 Å². The quantitative estimate of drug-likeness (QED) is 0.192. The summed E-state index contributed by atoms with van der Waals surface area (Å²) < 4.78 is 12.4. The SMILES string of the molecule is CC1(C)c2ccc(-c3ccc(-c4nc(-c5ccccc5)nc(-c5ccccc5)n4)c4c3oc3ccccc34)cc2-c2ccc3ocnc3c21. The lowest BCUT2D eigenvalue weighted by molar-refractivity contribution is 0.602. The number of nitrogens with zero attached hydrogens (tertiary/aromatic N) is 4. The highest BCUT2D eigenvalue weighted by molar-refractivity contribution is 6.16. The maximum atomic E-state index is 6.71. The molecule has 3 aromatic heterocycles. The van der Waals surface area contributed by atoms with Crippen molar-refractivity contribution in [3.8, 4) is 56.4 Å². The van der Waals surface area contributed by atoms with E-state index in [0.29, 0.717) is 17.5 Å². The number of hydrogen-bond donors (Lipinski definition) is 0. The Morgan fingerprint density at radius 2 is 1.18 bits per heavy atom. The second-order valence-corrected chi connectivity index (χ2v) is 13.1. The lowest BCUT2D eigenvalue weighted by atomic mass is 9.81. The van der Waals surface area contributed by atoms with E-state index in [9.17, 15) is 0 Å². The van der Waals surface area contributed by atoms with E-state index in [2.05, 4.69) is 61.3 Å². The average molecular weight is 633 g/mol. The van der Waals surface area contributed by atoms with Gasteiger partial charge in [-0.25, -0.2) is 19.9 Å². The molecule has 0 fully saturated rings. The minimum absolute atomic E-state index is 0.219. The molecular formula is C43H28N4O2. The van der Waals surface area contributed by atoms with Crippen LogP contribution in [0.4, 0.5) is 0 Å². The molecule has 0 N–H and O–H groups in total. The van der Waals surface area contributed by atoms with E-state index >= 15 is 0 Å². The average Bonchev–Trinajstić information content (AvgIpc) is 3.85. The number of furan rings is 1. The van der Waals surface area contributed by atoms with Gasteiger partial charge in [-0.1, -0.05) is 111 Å². The van der Waals surface area contributed by atoms with Crippen molar-refractivity contribution >= 4 is 33.0 Å². The normalized spacial score (nSPS) is 13.3. The Balaban J connectivity index is 1.21. The first-order valence-corrected chi connectivity index (χ1v) is 16.4. The van der Waals surface area contributed by atoms with Crippen LogP contribution >= 0.6 is 0 Å². The van der Waals surface area contributed by atoms with Crippen molar-refractivity contribution in [2.45, 2.75) is 19.3 Å². The maximum absolute atomic E-state index is 6.71. The predicted octanol–water partition coefficient (Wildman–Crippen LogP) is 10.9. The van der Waals surface area contributed by atoms with Crippen LogP contribution in [0, 0.1) is 0 Å². The van der Waals surface area contributed by atoms with Crippen LogP contribution in [0.1, 0.15) is 25.0 Å². The van der Waals surface area contributed by atoms with Crippen molar-refractivity contribution in [3.05, 3.63) is 145 Å². The lowest BCUT2D eigenvalue weighted by Crippen LogP contribution is -2.15. The van der Waals surface area contributed by atoms with Gasteiger partial charge in [-0.15, -0.1) is 0 Å². The summed E-state index contributed by atoms with van der Waals surface area (Å²) >= 11 is 0. The van der Waals surface area contributed by atoms with Crippen LogP contribution in [0.3, 0.4) is 0 Å². The topological polar surface area (TPSA) is 77.8 Å². The Bertz CT molecular complexity index is 2690. The van der Waals surface area contributed by atoms with Gasteiger partial charge in [0.05, 0.1) is 0 Å².